The summed E-state index contributed by atoms with van der Waals surface area (Å²) in [6.45, 7) is 0. The SMILES string of the molecule is c1ccc(-c2ccc(N(c3cccc(-c4cccc(N(c5cccc(-c6ccccc6)c5)c5ccc6c(c5)sc5ccccc56)c4)c3)c3ccc4cc(-c5ccccc5)ccc4c3)cc2)cc1. The molecule has 2 nitrogen and oxygen atoms in total. The molecule has 67 heavy (non-hydrogen) atoms. The number of hydrogen-bond acceptors (Lipinski definition) is 3. The summed E-state index contributed by atoms with van der Waals surface area (Å²) in [5.74, 6) is 0. The Morgan fingerprint density at radius 2 is 0.582 bits per heavy atom. The molecule has 11 aromatic carbocycles. The number of nitrogens with zero attached hydrogens (tertiary/aromatic N) is 2. The van der Waals surface area contributed by atoms with Gasteiger partial charge in [-0.15, -0.1) is 11.3 Å². The average molecular weight is 873 g/mol. The van der Waals surface area contributed by atoms with Gasteiger partial charge in [0.15, 0.2) is 0 Å². The van der Waals surface area contributed by atoms with Crippen LogP contribution < -0.4 is 9.80 Å². The first-order chi connectivity index (χ1) is 33.2. The summed E-state index contributed by atoms with van der Waals surface area (Å²) in [5, 5.41) is 4.99. The van der Waals surface area contributed by atoms with Crippen molar-refractivity contribution in [1.82, 2.24) is 0 Å². The number of thiophene rings is 1. The minimum Gasteiger partial charge on any atom is -0.310 e. The van der Waals surface area contributed by atoms with Gasteiger partial charge in [-0.05, 0) is 140 Å². The first kappa shape index (κ1) is 40.0. The molecular formula is C64H44N2S. The van der Waals surface area contributed by atoms with Crippen molar-refractivity contribution in [3.05, 3.63) is 267 Å². The van der Waals surface area contributed by atoms with E-state index in [-0.39, 0.29) is 0 Å². The van der Waals surface area contributed by atoms with Gasteiger partial charge in [-0.1, -0.05) is 182 Å². The van der Waals surface area contributed by atoms with Crippen LogP contribution in [-0.2, 0) is 0 Å². The molecular weight excluding hydrogens is 829 g/mol. The molecule has 0 N–H and O–H groups in total. The van der Waals surface area contributed by atoms with Crippen molar-refractivity contribution >= 4 is 76.4 Å². The molecule has 0 bridgehead atoms. The lowest BCUT2D eigenvalue weighted by molar-refractivity contribution is 1.28. The van der Waals surface area contributed by atoms with Crippen molar-refractivity contribution in [3.63, 3.8) is 0 Å². The number of rotatable bonds is 10. The fourth-order valence-electron chi connectivity index (χ4n) is 9.47. The molecule has 1 aromatic heterocycles. The predicted octanol–water partition coefficient (Wildman–Crippen LogP) is 18.8. The van der Waals surface area contributed by atoms with E-state index in [1.807, 2.05) is 11.3 Å². The van der Waals surface area contributed by atoms with E-state index in [0.29, 0.717) is 0 Å². The highest BCUT2D eigenvalue weighted by atomic mass is 32.1. The van der Waals surface area contributed by atoms with Gasteiger partial charge in [-0.3, -0.25) is 0 Å². The Morgan fingerprint density at radius 3 is 1.19 bits per heavy atom. The van der Waals surface area contributed by atoms with Crippen LogP contribution >= 0.6 is 11.3 Å². The maximum atomic E-state index is 2.41. The molecule has 0 spiro atoms. The van der Waals surface area contributed by atoms with Crippen molar-refractivity contribution < 1.29 is 0 Å². The summed E-state index contributed by atoms with van der Waals surface area (Å²) in [6, 6.07) is 96.9. The molecule has 0 amide bonds. The molecule has 3 heteroatoms. The zero-order valence-electron chi connectivity index (χ0n) is 36.7. The second kappa shape index (κ2) is 17.5. The van der Waals surface area contributed by atoms with Crippen molar-refractivity contribution in [2.45, 2.75) is 0 Å². The summed E-state index contributed by atoms with van der Waals surface area (Å²) < 4.78 is 2.57. The van der Waals surface area contributed by atoms with Crippen LogP contribution in [0, 0.1) is 0 Å². The standard InChI is InChI=1S/C64H44N2S/c1-4-15-45(16-5-1)48-31-34-55(35-32-48)65(59-36-33-53-39-52(29-30-54(53)43-59)47-19-8-3-9-20-47)56-24-13-22-50(41-56)51-23-14-26-58(42-51)66(57-25-12-21-49(40-57)46-17-6-2-7-18-46)60-37-38-62-61-27-10-11-28-63(61)67-64(62)44-60/h1-44H. The van der Waals surface area contributed by atoms with Gasteiger partial charge in [0.05, 0.1) is 0 Å². The van der Waals surface area contributed by atoms with Crippen LogP contribution in [0.3, 0.4) is 0 Å². The van der Waals surface area contributed by atoms with Gasteiger partial charge in [-0.2, -0.15) is 0 Å². The van der Waals surface area contributed by atoms with E-state index in [0.717, 1.165) is 45.3 Å². The van der Waals surface area contributed by atoms with Gasteiger partial charge in [0.2, 0.25) is 0 Å². The van der Waals surface area contributed by atoms with Crippen molar-refractivity contribution in [2.75, 3.05) is 9.80 Å². The molecule has 0 aliphatic rings. The molecule has 0 atom stereocenters. The Bertz CT molecular complexity index is 3690. The normalized spacial score (nSPS) is 11.3. The van der Waals surface area contributed by atoms with E-state index in [1.54, 1.807) is 0 Å². The van der Waals surface area contributed by atoms with Gasteiger partial charge >= 0.3 is 0 Å². The quantitative estimate of drug-likeness (QED) is 0.135. The molecule has 0 unspecified atom stereocenters. The maximum absolute atomic E-state index is 2.41. The van der Waals surface area contributed by atoms with E-state index in [9.17, 15) is 0 Å². The second-order valence-corrected chi connectivity index (χ2v) is 18.1. The predicted molar refractivity (Wildman–Crippen MR) is 288 cm³/mol. The van der Waals surface area contributed by atoms with E-state index in [4.69, 9.17) is 0 Å². The first-order valence-corrected chi connectivity index (χ1v) is 23.6. The topological polar surface area (TPSA) is 6.48 Å². The van der Waals surface area contributed by atoms with Gasteiger partial charge in [-0.25, -0.2) is 0 Å². The minimum absolute atomic E-state index is 1.08. The fourth-order valence-corrected chi connectivity index (χ4v) is 10.6. The number of hydrogen-bond donors (Lipinski definition) is 0. The lowest BCUT2D eigenvalue weighted by atomic mass is 10.00. The lowest BCUT2D eigenvalue weighted by Crippen LogP contribution is -2.10. The Balaban J connectivity index is 0.961. The summed E-state index contributed by atoms with van der Waals surface area (Å²) in [7, 11) is 0. The Hall–Kier alpha value is -8.50. The van der Waals surface area contributed by atoms with Crippen molar-refractivity contribution in [3.8, 4) is 44.5 Å². The van der Waals surface area contributed by atoms with Gasteiger partial charge in [0, 0.05) is 54.3 Å². The molecule has 0 aliphatic heterocycles. The van der Waals surface area contributed by atoms with Crippen LogP contribution in [0.2, 0.25) is 0 Å². The minimum atomic E-state index is 1.08. The molecule has 0 saturated carbocycles. The molecule has 12 rings (SSSR count). The summed E-state index contributed by atoms with van der Waals surface area (Å²) in [4.78, 5) is 4.79. The Labute approximate surface area is 395 Å². The number of fused-ring (bicyclic) bond motifs is 4. The third kappa shape index (κ3) is 7.92. The molecule has 12 aromatic rings. The maximum Gasteiger partial charge on any atom is 0.0476 e. The number of benzene rings is 11. The second-order valence-electron chi connectivity index (χ2n) is 17.0. The highest BCUT2D eigenvalue weighted by Gasteiger charge is 2.19. The van der Waals surface area contributed by atoms with Crippen molar-refractivity contribution in [1.29, 1.82) is 0 Å². The van der Waals surface area contributed by atoms with Crippen LogP contribution in [0.15, 0.2) is 267 Å². The van der Waals surface area contributed by atoms with E-state index in [2.05, 4.69) is 277 Å². The van der Waals surface area contributed by atoms with E-state index < -0.39 is 0 Å². The van der Waals surface area contributed by atoms with Crippen LogP contribution in [0.25, 0.3) is 75.5 Å². The Morgan fingerprint density at radius 1 is 0.209 bits per heavy atom. The fraction of sp³-hybridized carbons (Fsp3) is 0. The summed E-state index contributed by atoms with van der Waals surface area (Å²) in [6.07, 6.45) is 0. The van der Waals surface area contributed by atoms with Gasteiger partial charge in [0.25, 0.3) is 0 Å². The first-order valence-electron chi connectivity index (χ1n) is 22.8. The zero-order chi connectivity index (χ0) is 44.5. The van der Waals surface area contributed by atoms with Crippen LogP contribution in [0.5, 0.6) is 0 Å². The Kier molecular flexibility index (Phi) is 10.4. The van der Waals surface area contributed by atoms with Crippen LogP contribution in [-0.4, -0.2) is 0 Å². The highest BCUT2D eigenvalue weighted by molar-refractivity contribution is 7.25. The molecule has 0 saturated heterocycles. The average Bonchev–Trinajstić information content (AvgIpc) is 3.78. The molecule has 0 fully saturated rings. The molecule has 316 valence electrons. The molecule has 0 aliphatic carbocycles. The third-order valence-electron chi connectivity index (χ3n) is 12.8. The lowest BCUT2D eigenvalue weighted by Gasteiger charge is -2.27. The highest BCUT2D eigenvalue weighted by Crippen LogP contribution is 2.44. The van der Waals surface area contributed by atoms with Gasteiger partial charge in [0.1, 0.15) is 0 Å². The van der Waals surface area contributed by atoms with Crippen molar-refractivity contribution in [2.24, 2.45) is 0 Å². The van der Waals surface area contributed by atoms with E-state index >= 15 is 0 Å². The molecule has 1 heterocycles. The smallest absolute Gasteiger partial charge is 0.0476 e. The van der Waals surface area contributed by atoms with Crippen LogP contribution in [0.1, 0.15) is 0 Å². The largest absolute Gasteiger partial charge is 0.310 e. The number of anilines is 6. The summed E-state index contributed by atoms with van der Waals surface area (Å²) in [5.41, 5.74) is 16.0. The summed E-state index contributed by atoms with van der Waals surface area (Å²) >= 11 is 1.85. The van der Waals surface area contributed by atoms with E-state index in [1.165, 1.54) is 64.3 Å². The zero-order valence-corrected chi connectivity index (χ0v) is 37.5. The third-order valence-corrected chi connectivity index (χ3v) is 13.9. The molecule has 0 radical (unpaired) electrons. The van der Waals surface area contributed by atoms with Gasteiger partial charge < -0.3 is 9.80 Å². The monoisotopic (exact) mass is 872 g/mol. The van der Waals surface area contributed by atoms with Crippen LogP contribution in [0.4, 0.5) is 34.1 Å².